The Morgan fingerprint density at radius 1 is 1.05 bits per heavy atom. The summed E-state index contributed by atoms with van der Waals surface area (Å²) in [5, 5.41) is 0. The Balaban J connectivity index is 2.41. The molecule has 0 fully saturated rings. The standard InChI is InChI=1S/C18H28O2/c1-5-6-7-8-9-15(4)20-18(19)17-12-10-16(11-13-17)14(2)3/h10-15H,5-9H2,1-4H3. The van der Waals surface area contributed by atoms with Gasteiger partial charge in [-0.1, -0.05) is 52.2 Å². The van der Waals surface area contributed by atoms with Gasteiger partial charge in [0.1, 0.15) is 0 Å². The molecule has 1 rings (SSSR count). The minimum atomic E-state index is -0.205. The van der Waals surface area contributed by atoms with E-state index in [1.807, 2.05) is 31.2 Å². The molecule has 0 saturated heterocycles. The van der Waals surface area contributed by atoms with Gasteiger partial charge in [0.2, 0.25) is 0 Å². The van der Waals surface area contributed by atoms with Crippen molar-refractivity contribution in [1.29, 1.82) is 0 Å². The third-order valence-electron chi connectivity index (χ3n) is 3.59. The minimum absolute atomic E-state index is 0.00383. The number of ether oxygens (including phenoxy) is 1. The number of unbranched alkanes of at least 4 members (excludes halogenated alkanes) is 3. The summed E-state index contributed by atoms with van der Waals surface area (Å²) in [5.41, 5.74) is 1.89. The second kappa shape index (κ2) is 8.78. The van der Waals surface area contributed by atoms with E-state index < -0.39 is 0 Å². The fourth-order valence-electron chi connectivity index (χ4n) is 2.17. The summed E-state index contributed by atoms with van der Waals surface area (Å²) in [7, 11) is 0. The second-order valence-electron chi connectivity index (χ2n) is 5.84. The van der Waals surface area contributed by atoms with Crippen LogP contribution < -0.4 is 0 Å². The van der Waals surface area contributed by atoms with E-state index in [2.05, 4.69) is 20.8 Å². The summed E-state index contributed by atoms with van der Waals surface area (Å²) in [6, 6.07) is 7.74. The molecule has 1 atom stereocenters. The van der Waals surface area contributed by atoms with Crippen LogP contribution in [0.15, 0.2) is 24.3 Å². The predicted octanol–water partition coefficient (Wildman–Crippen LogP) is 5.33. The summed E-state index contributed by atoms with van der Waals surface area (Å²) >= 11 is 0. The lowest BCUT2D eigenvalue weighted by Gasteiger charge is -2.13. The molecule has 0 N–H and O–H groups in total. The van der Waals surface area contributed by atoms with Crippen LogP contribution in [0.4, 0.5) is 0 Å². The molecule has 2 heteroatoms. The van der Waals surface area contributed by atoms with Crippen LogP contribution in [0.2, 0.25) is 0 Å². The zero-order valence-electron chi connectivity index (χ0n) is 13.3. The molecule has 0 aliphatic heterocycles. The quantitative estimate of drug-likeness (QED) is 0.474. The monoisotopic (exact) mass is 276 g/mol. The molecule has 0 aliphatic carbocycles. The van der Waals surface area contributed by atoms with Crippen molar-refractivity contribution in [3.8, 4) is 0 Å². The van der Waals surface area contributed by atoms with Gasteiger partial charge >= 0.3 is 5.97 Å². The van der Waals surface area contributed by atoms with Crippen LogP contribution in [0.3, 0.4) is 0 Å². The summed E-state index contributed by atoms with van der Waals surface area (Å²) in [5.74, 6) is 0.279. The van der Waals surface area contributed by atoms with Crippen LogP contribution in [0.25, 0.3) is 0 Å². The highest BCUT2D eigenvalue weighted by atomic mass is 16.5. The third kappa shape index (κ3) is 5.77. The van der Waals surface area contributed by atoms with Gasteiger partial charge in [0.05, 0.1) is 11.7 Å². The Hall–Kier alpha value is -1.31. The van der Waals surface area contributed by atoms with Crippen LogP contribution in [0.1, 0.15) is 81.6 Å². The average molecular weight is 276 g/mol. The van der Waals surface area contributed by atoms with Crippen molar-refractivity contribution in [3.63, 3.8) is 0 Å². The minimum Gasteiger partial charge on any atom is -0.459 e. The first-order chi connectivity index (χ1) is 9.54. The third-order valence-corrected chi connectivity index (χ3v) is 3.59. The van der Waals surface area contributed by atoms with Crippen LogP contribution >= 0.6 is 0 Å². The van der Waals surface area contributed by atoms with E-state index in [4.69, 9.17) is 4.74 Å². The van der Waals surface area contributed by atoms with E-state index in [1.165, 1.54) is 24.8 Å². The Bertz CT molecular complexity index is 392. The van der Waals surface area contributed by atoms with Crippen molar-refractivity contribution < 1.29 is 9.53 Å². The first-order valence-corrected chi connectivity index (χ1v) is 7.85. The van der Waals surface area contributed by atoms with Crippen LogP contribution in [-0.2, 0) is 4.74 Å². The first kappa shape index (κ1) is 16.7. The molecule has 0 amide bonds. The van der Waals surface area contributed by atoms with E-state index in [-0.39, 0.29) is 12.1 Å². The smallest absolute Gasteiger partial charge is 0.338 e. The molecule has 0 bridgehead atoms. The fraction of sp³-hybridized carbons (Fsp3) is 0.611. The molecule has 0 aliphatic rings. The number of benzene rings is 1. The van der Waals surface area contributed by atoms with Crippen molar-refractivity contribution in [2.75, 3.05) is 0 Å². The Morgan fingerprint density at radius 3 is 2.25 bits per heavy atom. The number of carbonyl (C=O) groups is 1. The summed E-state index contributed by atoms with van der Waals surface area (Å²) in [4.78, 5) is 12.0. The van der Waals surface area contributed by atoms with E-state index in [0.717, 1.165) is 12.8 Å². The van der Waals surface area contributed by atoms with E-state index in [1.54, 1.807) is 0 Å². The Kier molecular flexibility index (Phi) is 7.35. The first-order valence-electron chi connectivity index (χ1n) is 7.85. The largest absolute Gasteiger partial charge is 0.459 e. The molecule has 1 aromatic carbocycles. The lowest BCUT2D eigenvalue weighted by molar-refractivity contribution is 0.0319. The van der Waals surface area contributed by atoms with Gasteiger partial charge < -0.3 is 4.74 Å². The molecule has 0 saturated carbocycles. The van der Waals surface area contributed by atoms with Crippen molar-refractivity contribution in [2.24, 2.45) is 0 Å². The number of esters is 1. The van der Waals surface area contributed by atoms with Gasteiger partial charge in [0.15, 0.2) is 0 Å². The number of carbonyl (C=O) groups excluding carboxylic acids is 1. The van der Waals surface area contributed by atoms with Crippen molar-refractivity contribution >= 4 is 5.97 Å². The van der Waals surface area contributed by atoms with E-state index in [9.17, 15) is 4.79 Å². The molecule has 2 nitrogen and oxygen atoms in total. The topological polar surface area (TPSA) is 26.3 Å². The Labute approximate surface area is 123 Å². The molecule has 20 heavy (non-hydrogen) atoms. The molecule has 0 aromatic heterocycles. The number of hydrogen-bond donors (Lipinski definition) is 0. The lowest BCUT2D eigenvalue weighted by atomic mass is 10.0. The molecule has 1 aromatic rings. The highest BCUT2D eigenvalue weighted by molar-refractivity contribution is 5.89. The van der Waals surface area contributed by atoms with Gasteiger partial charge in [0.25, 0.3) is 0 Å². The van der Waals surface area contributed by atoms with Gasteiger partial charge in [-0.2, -0.15) is 0 Å². The summed E-state index contributed by atoms with van der Waals surface area (Å²) < 4.78 is 5.48. The zero-order valence-corrected chi connectivity index (χ0v) is 13.3. The van der Waals surface area contributed by atoms with Gasteiger partial charge in [-0.25, -0.2) is 4.79 Å². The van der Waals surface area contributed by atoms with E-state index in [0.29, 0.717) is 11.5 Å². The highest BCUT2D eigenvalue weighted by Gasteiger charge is 2.12. The van der Waals surface area contributed by atoms with Crippen LogP contribution in [0.5, 0.6) is 0 Å². The van der Waals surface area contributed by atoms with Gasteiger partial charge in [-0.15, -0.1) is 0 Å². The van der Waals surface area contributed by atoms with Crippen molar-refractivity contribution in [2.45, 2.75) is 71.8 Å². The van der Waals surface area contributed by atoms with Gasteiger partial charge in [-0.05, 0) is 43.4 Å². The molecule has 0 radical (unpaired) electrons. The molecule has 112 valence electrons. The maximum absolute atomic E-state index is 12.0. The lowest BCUT2D eigenvalue weighted by Crippen LogP contribution is -2.15. The Morgan fingerprint density at radius 2 is 1.70 bits per heavy atom. The number of rotatable bonds is 8. The van der Waals surface area contributed by atoms with Crippen LogP contribution in [0, 0.1) is 0 Å². The summed E-state index contributed by atoms with van der Waals surface area (Å²) in [6.07, 6.45) is 5.81. The zero-order chi connectivity index (χ0) is 15.0. The number of hydrogen-bond acceptors (Lipinski definition) is 2. The second-order valence-corrected chi connectivity index (χ2v) is 5.84. The fourth-order valence-corrected chi connectivity index (χ4v) is 2.17. The maximum Gasteiger partial charge on any atom is 0.338 e. The molecule has 0 spiro atoms. The van der Waals surface area contributed by atoms with Crippen LogP contribution in [-0.4, -0.2) is 12.1 Å². The van der Waals surface area contributed by atoms with E-state index >= 15 is 0 Å². The normalized spacial score (nSPS) is 12.4. The highest BCUT2D eigenvalue weighted by Crippen LogP contribution is 2.16. The summed E-state index contributed by atoms with van der Waals surface area (Å²) in [6.45, 7) is 8.47. The van der Waals surface area contributed by atoms with Crippen molar-refractivity contribution in [1.82, 2.24) is 0 Å². The molecule has 1 unspecified atom stereocenters. The van der Waals surface area contributed by atoms with Crippen molar-refractivity contribution in [3.05, 3.63) is 35.4 Å². The molecule has 0 heterocycles. The average Bonchev–Trinajstić information content (AvgIpc) is 2.43. The van der Waals surface area contributed by atoms with Gasteiger partial charge in [-0.3, -0.25) is 0 Å². The SMILES string of the molecule is CCCCCCC(C)OC(=O)c1ccc(C(C)C)cc1. The van der Waals surface area contributed by atoms with Gasteiger partial charge in [0, 0.05) is 0 Å². The molecular weight excluding hydrogens is 248 g/mol. The predicted molar refractivity (Wildman–Crippen MR) is 84.2 cm³/mol. The molecular formula is C18H28O2. The maximum atomic E-state index is 12.0.